The van der Waals surface area contributed by atoms with Crippen LogP contribution in [0.1, 0.15) is 25.5 Å². The van der Waals surface area contributed by atoms with Gasteiger partial charge in [0.2, 0.25) is 0 Å². The van der Waals surface area contributed by atoms with Crippen molar-refractivity contribution in [3.8, 4) is 16.9 Å². The lowest BCUT2D eigenvalue weighted by atomic mass is 10.1. The fourth-order valence-electron chi connectivity index (χ4n) is 3.27. The number of halogens is 3. The summed E-state index contributed by atoms with van der Waals surface area (Å²) in [6.07, 6.45) is 1.18. The summed E-state index contributed by atoms with van der Waals surface area (Å²) in [5.74, 6) is 0.386. The predicted molar refractivity (Wildman–Crippen MR) is 112 cm³/mol. The Bertz CT molecular complexity index is 1170. The monoisotopic (exact) mass is 445 g/mol. The highest BCUT2D eigenvalue weighted by atomic mass is 19.4. The van der Waals surface area contributed by atoms with Crippen molar-refractivity contribution < 1.29 is 17.9 Å². The Labute approximate surface area is 181 Å². The maximum absolute atomic E-state index is 13.5. The van der Waals surface area contributed by atoms with Gasteiger partial charge in [0.05, 0.1) is 24.6 Å². The van der Waals surface area contributed by atoms with E-state index in [0.717, 1.165) is 16.6 Å². The molecule has 0 fully saturated rings. The van der Waals surface area contributed by atoms with Crippen molar-refractivity contribution in [1.82, 2.24) is 35.0 Å². The van der Waals surface area contributed by atoms with Gasteiger partial charge in [0, 0.05) is 47.9 Å². The predicted octanol–water partition coefficient (Wildman–Crippen LogP) is 3.82. The van der Waals surface area contributed by atoms with E-state index in [2.05, 4.69) is 30.4 Å². The van der Waals surface area contributed by atoms with Gasteiger partial charge in [0.15, 0.2) is 17.6 Å². The maximum atomic E-state index is 13.5. The van der Waals surface area contributed by atoms with Crippen LogP contribution in [0.5, 0.6) is 0 Å². The van der Waals surface area contributed by atoms with Crippen LogP contribution in [0.15, 0.2) is 49.3 Å². The SMILES string of the molecule is CC(C)NCCOC(c1ccc(-n2cc(-c3ccnc4nc[nH]c34)cn2)nc1)C(F)(F)F. The molecule has 4 aromatic heterocycles. The number of H-pyrrole nitrogens is 1. The van der Waals surface area contributed by atoms with Crippen molar-refractivity contribution in [3.05, 3.63) is 54.9 Å². The molecular formula is C21H22F3N7O. The second-order valence-electron chi connectivity index (χ2n) is 7.48. The number of hydrogen-bond acceptors (Lipinski definition) is 6. The van der Waals surface area contributed by atoms with Crippen molar-refractivity contribution in [2.75, 3.05) is 13.2 Å². The number of hydrogen-bond donors (Lipinski definition) is 2. The number of ether oxygens (including phenoxy) is 1. The van der Waals surface area contributed by atoms with E-state index < -0.39 is 12.3 Å². The summed E-state index contributed by atoms with van der Waals surface area (Å²) < 4.78 is 47.1. The molecule has 0 spiro atoms. The molecule has 0 aliphatic heterocycles. The van der Waals surface area contributed by atoms with Crippen LogP contribution in [0.25, 0.3) is 28.1 Å². The van der Waals surface area contributed by atoms with Gasteiger partial charge < -0.3 is 15.0 Å². The molecule has 0 aliphatic carbocycles. The van der Waals surface area contributed by atoms with Gasteiger partial charge in [-0.1, -0.05) is 19.9 Å². The summed E-state index contributed by atoms with van der Waals surface area (Å²) in [5.41, 5.74) is 2.94. The zero-order valence-electron chi connectivity index (χ0n) is 17.5. The Kier molecular flexibility index (Phi) is 6.19. The Morgan fingerprint density at radius 1 is 1.12 bits per heavy atom. The largest absolute Gasteiger partial charge is 0.418 e. The zero-order chi connectivity index (χ0) is 22.7. The Morgan fingerprint density at radius 3 is 2.69 bits per heavy atom. The Morgan fingerprint density at radius 2 is 1.97 bits per heavy atom. The second-order valence-corrected chi connectivity index (χ2v) is 7.48. The molecule has 2 N–H and O–H groups in total. The van der Waals surface area contributed by atoms with Crippen LogP contribution >= 0.6 is 0 Å². The Hall–Kier alpha value is -3.31. The maximum Gasteiger partial charge on any atom is 0.418 e. The minimum Gasteiger partial charge on any atom is -0.363 e. The van der Waals surface area contributed by atoms with Crippen molar-refractivity contribution >= 4 is 11.2 Å². The molecule has 0 aliphatic rings. The number of imidazole rings is 1. The molecule has 0 aromatic carbocycles. The number of alkyl halides is 3. The number of aromatic nitrogens is 6. The first-order valence-electron chi connectivity index (χ1n) is 10.0. The molecule has 4 heterocycles. The van der Waals surface area contributed by atoms with E-state index in [9.17, 15) is 13.2 Å². The van der Waals surface area contributed by atoms with Crippen LogP contribution in [0.3, 0.4) is 0 Å². The summed E-state index contributed by atoms with van der Waals surface area (Å²) in [6, 6.07) is 4.84. The van der Waals surface area contributed by atoms with E-state index in [4.69, 9.17) is 4.74 Å². The lowest BCUT2D eigenvalue weighted by Crippen LogP contribution is -2.30. The number of aromatic amines is 1. The fraction of sp³-hybridized carbons (Fsp3) is 0.333. The van der Waals surface area contributed by atoms with Gasteiger partial charge in [-0.05, 0) is 12.1 Å². The van der Waals surface area contributed by atoms with Crippen LogP contribution in [-0.4, -0.2) is 55.1 Å². The van der Waals surface area contributed by atoms with Crippen LogP contribution in [-0.2, 0) is 4.74 Å². The summed E-state index contributed by atoms with van der Waals surface area (Å²) in [5, 5.41) is 7.32. The molecule has 32 heavy (non-hydrogen) atoms. The highest BCUT2D eigenvalue weighted by molar-refractivity contribution is 5.88. The third-order valence-electron chi connectivity index (χ3n) is 4.76. The van der Waals surface area contributed by atoms with E-state index in [0.29, 0.717) is 18.0 Å². The van der Waals surface area contributed by atoms with Crippen molar-refractivity contribution in [2.24, 2.45) is 0 Å². The molecule has 4 aromatic rings. The number of nitrogens with one attached hydrogen (secondary N) is 2. The van der Waals surface area contributed by atoms with Crippen molar-refractivity contribution in [2.45, 2.75) is 32.2 Å². The molecule has 8 nitrogen and oxygen atoms in total. The van der Waals surface area contributed by atoms with Gasteiger partial charge in [-0.15, -0.1) is 0 Å². The lowest BCUT2D eigenvalue weighted by Gasteiger charge is -2.21. The lowest BCUT2D eigenvalue weighted by molar-refractivity contribution is -0.223. The van der Waals surface area contributed by atoms with Gasteiger partial charge in [-0.25, -0.2) is 19.6 Å². The first kappa shape index (κ1) is 21.9. The molecule has 0 radical (unpaired) electrons. The second kappa shape index (κ2) is 9.05. The number of fused-ring (bicyclic) bond motifs is 1. The van der Waals surface area contributed by atoms with E-state index in [1.165, 1.54) is 23.0 Å². The summed E-state index contributed by atoms with van der Waals surface area (Å²) >= 11 is 0. The molecular weight excluding hydrogens is 423 g/mol. The average molecular weight is 445 g/mol. The first-order valence-corrected chi connectivity index (χ1v) is 10.0. The van der Waals surface area contributed by atoms with E-state index in [1.807, 2.05) is 19.9 Å². The van der Waals surface area contributed by atoms with Gasteiger partial charge in [-0.2, -0.15) is 18.3 Å². The summed E-state index contributed by atoms with van der Waals surface area (Å²) in [7, 11) is 0. The summed E-state index contributed by atoms with van der Waals surface area (Å²) in [4.78, 5) is 15.5. The standard InChI is InChI=1S/C21H22F3N7O/c1-13(2)25-7-8-32-19(21(22,23)24)14-3-4-17(27-9-14)31-11-15(10-30-31)16-5-6-26-20-18(16)28-12-29-20/h3-6,9-13,19,25H,7-8H2,1-2H3,(H,26,28,29). The van der Waals surface area contributed by atoms with Crippen LogP contribution in [0, 0.1) is 0 Å². The quantitative estimate of drug-likeness (QED) is 0.401. The van der Waals surface area contributed by atoms with E-state index >= 15 is 0 Å². The minimum atomic E-state index is -4.54. The molecule has 0 amide bonds. The van der Waals surface area contributed by atoms with Gasteiger partial charge >= 0.3 is 6.18 Å². The molecule has 4 rings (SSSR count). The fourth-order valence-corrected chi connectivity index (χ4v) is 3.27. The topological polar surface area (TPSA) is 93.5 Å². The highest BCUT2D eigenvalue weighted by Crippen LogP contribution is 2.35. The molecule has 11 heteroatoms. The normalized spacial score (nSPS) is 13.2. The smallest absolute Gasteiger partial charge is 0.363 e. The third kappa shape index (κ3) is 4.78. The molecule has 1 unspecified atom stereocenters. The van der Waals surface area contributed by atoms with Gasteiger partial charge in [0.25, 0.3) is 0 Å². The number of pyridine rings is 2. The molecule has 168 valence electrons. The molecule has 1 atom stereocenters. The molecule has 0 saturated heterocycles. The minimum absolute atomic E-state index is 0.0634. The zero-order valence-corrected chi connectivity index (χ0v) is 17.5. The summed E-state index contributed by atoms with van der Waals surface area (Å²) in [6.45, 7) is 4.08. The third-order valence-corrected chi connectivity index (χ3v) is 4.76. The highest BCUT2D eigenvalue weighted by Gasteiger charge is 2.42. The van der Waals surface area contributed by atoms with Gasteiger partial charge in [0.1, 0.15) is 0 Å². The molecule has 0 saturated carbocycles. The number of rotatable bonds is 8. The van der Waals surface area contributed by atoms with Crippen molar-refractivity contribution in [3.63, 3.8) is 0 Å². The Balaban J connectivity index is 1.52. The van der Waals surface area contributed by atoms with Crippen LogP contribution < -0.4 is 5.32 Å². The first-order chi connectivity index (χ1) is 15.3. The van der Waals surface area contributed by atoms with E-state index in [-0.39, 0.29) is 18.2 Å². The van der Waals surface area contributed by atoms with Crippen molar-refractivity contribution in [1.29, 1.82) is 0 Å². The average Bonchev–Trinajstić information content (AvgIpc) is 3.42. The van der Waals surface area contributed by atoms with Gasteiger partial charge in [-0.3, -0.25) is 0 Å². The van der Waals surface area contributed by atoms with Crippen LogP contribution in [0.4, 0.5) is 13.2 Å². The van der Waals surface area contributed by atoms with E-state index in [1.54, 1.807) is 24.9 Å². The number of nitrogens with zero attached hydrogens (tertiary/aromatic N) is 5. The molecule has 0 bridgehead atoms. The van der Waals surface area contributed by atoms with Crippen LogP contribution in [0.2, 0.25) is 0 Å².